The van der Waals surface area contributed by atoms with Crippen molar-refractivity contribution < 1.29 is 9.84 Å². The van der Waals surface area contributed by atoms with Gasteiger partial charge in [-0.05, 0) is 27.9 Å². The Morgan fingerprint density at radius 3 is 2.76 bits per heavy atom. The predicted octanol–water partition coefficient (Wildman–Crippen LogP) is 0.856. The summed E-state index contributed by atoms with van der Waals surface area (Å²) in [5, 5.41) is 10.6. The minimum Gasteiger partial charge on any atom is -0.496 e. The normalized spacial score (nSPS) is 22.3. The molecular formula is C16H27N3O2. The molecule has 0 bridgehead atoms. The van der Waals surface area contributed by atoms with Crippen molar-refractivity contribution in [2.75, 3.05) is 40.8 Å². The molecule has 1 aliphatic heterocycles. The van der Waals surface area contributed by atoms with Gasteiger partial charge in [-0.15, -0.1) is 0 Å². The van der Waals surface area contributed by atoms with E-state index in [2.05, 4.69) is 28.9 Å². The molecule has 2 atom stereocenters. The number of aliphatic hydroxyl groups is 1. The van der Waals surface area contributed by atoms with Gasteiger partial charge in [-0.1, -0.05) is 0 Å². The highest BCUT2D eigenvalue weighted by Gasteiger charge is 2.29. The molecule has 1 aromatic rings. The molecule has 1 N–H and O–H groups in total. The average Bonchev–Trinajstić information content (AvgIpc) is 2.45. The van der Waals surface area contributed by atoms with E-state index in [-0.39, 0.29) is 6.04 Å². The summed E-state index contributed by atoms with van der Waals surface area (Å²) in [7, 11) is 5.86. The summed E-state index contributed by atoms with van der Waals surface area (Å²) in [5.41, 5.74) is 2.98. The second-order valence-electron chi connectivity index (χ2n) is 6.13. The number of aromatic nitrogens is 1. The van der Waals surface area contributed by atoms with E-state index in [1.807, 2.05) is 20.0 Å². The van der Waals surface area contributed by atoms with Gasteiger partial charge < -0.3 is 14.7 Å². The molecule has 0 saturated carbocycles. The number of ether oxygens (including phenoxy) is 1. The van der Waals surface area contributed by atoms with Crippen LogP contribution in [0, 0.1) is 13.8 Å². The maximum Gasteiger partial charge on any atom is 0.128 e. The number of aliphatic hydroxyl groups excluding tert-OH is 1. The first-order valence-electron chi connectivity index (χ1n) is 7.50. The van der Waals surface area contributed by atoms with E-state index in [0.29, 0.717) is 6.42 Å². The van der Waals surface area contributed by atoms with E-state index in [9.17, 15) is 5.11 Å². The number of methoxy groups -OCH3 is 1. The molecule has 118 valence electrons. The van der Waals surface area contributed by atoms with Crippen LogP contribution in [0.5, 0.6) is 5.75 Å². The van der Waals surface area contributed by atoms with Crippen molar-refractivity contribution in [3.8, 4) is 5.75 Å². The molecule has 1 aromatic heterocycles. The summed E-state index contributed by atoms with van der Waals surface area (Å²) >= 11 is 0. The molecule has 21 heavy (non-hydrogen) atoms. The number of rotatable bonds is 4. The molecule has 1 aliphatic rings. The van der Waals surface area contributed by atoms with Gasteiger partial charge in [-0.3, -0.25) is 9.88 Å². The lowest BCUT2D eigenvalue weighted by Gasteiger charge is -2.40. The quantitative estimate of drug-likeness (QED) is 0.892. The first kappa shape index (κ1) is 16.2. The highest BCUT2D eigenvalue weighted by atomic mass is 16.5. The van der Waals surface area contributed by atoms with Gasteiger partial charge in [0.1, 0.15) is 5.75 Å². The maximum atomic E-state index is 10.6. The zero-order valence-electron chi connectivity index (χ0n) is 13.8. The lowest BCUT2D eigenvalue weighted by atomic mass is 9.99. The van der Waals surface area contributed by atoms with Crippen LogP contribution in [0.2, 0.25) is 0 Å². The van der Waals surface area contributed by atoms with Gasteiger partial charge in [-0.2, -0.15) is 0 Å². The van der Waals surface area contributed by atoms with Crippen LogP contribution in [0.4, 0.5) is 0 Å². The molecule has 0 spiro atoms. The van der Waals surface area contributed by atoms with Crippen LogP contribution in [0.25, 0.3) is 0 Å². The second-order valence-corrected chi connectivity index (χ2v) is 6.13. The topological polar surface area (TPSA) is 48.8 Å². The Labute approximate surface area is 127 Å². The number of aryl methyl sites for hydroxylation is 1. The lowest BCUT2D eigenvalue weighted by Crippen LogP contribution is -2.55. The fourth-order valence-corrected chi connectivity index (χ4v) is 3.07. The van der Waals surface area contributed by atoms with E-state index in [1.165, 1.54) is 0 Å². The van der Waals surface area contributed by atoms with Crippen molar-refractivity contribution >= 4 is 0 Å². The van der Waals surface area contributed by atoms with Crippen molar-refractivity contribution in [2.45, 2.75) is 32.4 Å². The summed E-state index contributed by atoms with van der Waals surface area (Å²) < 4.78 is 5.44. The van der Waals surface area contributed by atoms with Gasteiger partial charge in [0.05, 0.1) is 13.2 Å². The van der Waals surface area contributed by atoms with E-state index in [1.54, 1.807) is 7.11 Å². The van der Waals surface area contributed by atoms with Crippen LogP contribution in [0.15, 0.2) is 6.20 Å². The summed E-state index contributed by atoms with van der Waals surface area (Å²) in [6.45, 7) is 6.93. The molecule has 2 rings (SSSR count). The molecule has 0 amide bonds. The van der Waals surface area contributed by atoms with E-state index < -0.39 is 6.10 Å². The van der Waals surface area contributed by atoms with Crippen molar-refractivity contribution in [1.82, 2.24) is 14.8 Å². The largest absolute Gasteiger partial charge is 0.496 e. The Balaban J connectivity index is 2.14. The first-order chi connectivity index (χ1) is 9.93. The summed E-state index contributed by atoms with van der Waals surface area (Å²) in [6, 6.07) is 0.150. The van der Waals surface area contributed by atoms with Gasteiger partial charge in [0.25, 0.3) is 0 Å². The van der Waals surface area contributed by atoms with Gasteiger partial charge in [-0.25, -0.2) is 0 Å². The molecule has 0 aliphatic carbocycles. The van der Waals surface area contributed by atoms with Crippen molar-refractivity contribution in [2.24, 2.45) is 0 Å². The van der Waals surface area contributed by atoms with Crippen molar-refractivity contribution in [3.05, 3.63) is 23.0 Å². The molecular weight excluding hydrogens is 266 g/mol. The third-order valence-corrected chi connectivity index (χ3v) is 4.50. The molecule has 2 unspecified atom stereocenters. The zero-order chi connectivity index (χ0) is 15.6. The van der Waals surface area contributed by atoms with E-state index >= 15 is 0 Å². The Kier molecular flexibility index (Phi) is 5.19. The minimum absolute atomic E-state index is 0.150. The number of pyridine rings is 1. The number of hydrogen-bond donors (Lipinski definition) is 1. The maximum absolute atomic E-state index is 10.6. The molecule has 1 saturated heterocycles. The lowest BCUT2D eigenvalue weighted by molar-refractivity contribution is 0.0147. The Hall–Kier alpha value is -1.17. The third-order valence-electron chi connectivity index (χ3n) is 4.50. The average molecular weight is 293 g/mol. The molecule has 1 fully saturated rings. The standard InChI is InChI=1S/C16H27N3O2/c1-11-9-17-13(12(2)16(11)21-5)8-15(20)14-10-18(3)6-7-19(14)4/h9,14-15,20H,6-8,10H2,1-5H3. The van der Waals surface area contributed by atoms with Crippen LogP contribution < -0.4 is 4.74 Å². The minimum atomic E-state index is -0.420. The smallest absolute Gasteiger partial charge is 0.128 e. The molecule has 5 nitrogen and oxygen atoms in total. The van der Waals surface area contributed by atoms with Crippen LogP contribution in [0.1, 0.15) is 16.8 Å². The van der Waals surface area contributed by atoms with E-state index in [0.717, 1.165) is 42.2 Å². The fourth-order valence-electron chi connectivity index (χ4n) is 3.07. The van der Waals surface area contributed by atoms with Gasteiger partial charge in [0, 0.05) is 55.1 Å². The summed E-state index contributed by atoms with van der Waals surface area (Å²) in [4.78, 5) is 9.00. The van der Waals surface area contributed by atoms with Crippen LogP contribution >= 0.6 is 0 Å². The van der Waals surface area contributed by atoms with Crippen LogP contribution in [0.3, 0.4) is 0 Å². The van der Waals surface area contributed by atoms with Gasteiger partial charge in [0.15, 0.2) is 0 Å². The highest BCUT2D eigenvalue weighted by molar-refractivity contribution is 5.41. The zero-order valence-corrected chi connectivity index (χ0v) is 13.8. The summed E-state index contributed by atoms with van der Waals surface area (Å²) in [5.74, 6) is 0.876. The molecule has 5 heteroatoms. The number of piperazine rings is 1. The Morgan fingerprint density at radius 2 is 2.10 bits per heavy atom. The number of nitrogens with zero attached hydrogens (tertiary/aromatic N) is 3. The molecule has 2 heterocycles. The fraction of sp³-hybridized carbons (Fsp3) is 0.688. The highest BCUT2D eigenvalue weighted by Crippen LogP contribution is 2.25. The first-order valence-corrected chi connectivity index (χ1v) is 7.50. The van der Waals surface area contributed by atoms with Crippen molar-refractivity contribution in [1.29, 1.82) is 0 Å². The molecule has 0 radical (unpaired) electrons. The third kappa shape index (κ3) is 3.54. The van der Waals surface area contributed by atoms with Gasteiger partial charge >= 0.3 is 0 Å². The second kappa shape index (κ2) is 6.73. The number of likely N-dealkylation sites (N-methyl/N-ethyl adjacent to an activating group) is 2. The Bertz CT molecular complexity index is 493. The monoisotopic (exact) mass is 293 g/mol. The predicted molar refractivity (Wildman–Crippen MR) is 83.9 cm³/mol. The SMILES string of the molecule is COc1c(C)cnc(CC(O)C2CN(C)CCN2C)c1C. The van der Waals surface area contributed by atoms with Crippen LogP contribution in [-0.2, 0) is 6.42 Å². The summed E-state index contributed by atoms with van der Waals surface area (Å²) in [6.07, 6.45) is 1.96. The van der Waals surface area contributed by atoms with Gasteiger partial charge in [0.2, 0.25) is 0 Å². The molecule has 0 aromatic carbocycles. The van der Waals surface area contributed by atoms with Crippen LogP contribution in [-0.4, -0.2) is 72.9 Å². The number of hydrogen-bond acceptors (Lipinski definition) is 5. The van der Waals surface area contributed by atoms with E-state index in [4.69, 9.17) is 4.74 Å². The Morgan fingerprint density at radius 1 is 1.38 bits per heavy atom. The van der Waals surface area contributed by atoms with Crippen molar-refractivity contribution in [3.63, 3.8) is 0 Å².